The van der Waals surface area contributed by atoms with Crippen molar-refractivity contribution in [3.8, 4) is 0 Å². The summed E-state index contributed by atoms with van der Waals surface area (Å²) in [6.45, 7) is 2.24. The van der Waals surface area contributed by atoms with Crippen LogP contribution in [0, 0.1) is 5.82 Å². The highest BCUT2D eigenvalue weighted by atomic mass is 35.5. The minimum atomic E-state index is -1.02. The molecule has 5 nitrogen and oxygen atoms in total. The highest BCUT2D eigenvalue weighted by Gasteiger charge is 2.25. The Bertz CT molecular complexity index is 718. The van der Waals surface area contributed by atoms with Gasteiger partial charge in [-0.25, -0.2) is 9.18 Å². The molecule has 2 heterocycles. The van der Waals surface area contributed by atoms with Gasteiger partial charge in [-0.05, 0) is 18.2 Å². The van der Waals surface area contributed by atoms with E-state index in [0.29, 0.717) is 37.0 Å². The second kappa shape index (κ2) is 6.70. The van der Waals surface area contributed by atoms with Gasteiger partial charge in [0, 0.05) is 23.7 Å². The maximum atomic E-state index is 13.2. The smallest absolute Gasteiger partial charge is 0.338 e. The fourth-order valence-electron chi connectivity index (χ4n) is 2.59. The predicted octanol–water partition coefficient (Wildman–Crippen LogP) is 3.34. The Labute approximate surface area is 137 Å². The molecule has 0 radical (unpaired) electrons. The molecule has 1 atom stereocenters. The summed E-state index contributed by atoms with van der Waals surface area (Å²) in [7, 11) is 0. The van der Waals surface area contributed by atoms with Gasteiger partial charge in [-0.3, -0.25) is 4.90 Å². The lowest BCUT2D eigenvalue weighted by Crippen LogP contribution is -2.37. The van der Waals surface area contributed by atoms with Crippen molar-refractivity contribution in [1.82, 2.24) is 4.90 Å². The van der Waals surface area contributed by atoms with E-state index in [4.69, 9.17) is 25.9 Å². The van der Waals surface area contributed by atoms with Gasteiger partial charge in [-0.1, -0.05) is 17.7 Å². The molecule has 122 valence electrons. The fraction of sp³-hybridized carbons (Fsp3) is 0.312. The number of benzene rings is 1. The lowest BCUT2D eigenvalue weighted by atomic mass is 10.1. The van der Waals surface area contributed by atoms with Crippen LogP contribution in [-0.2, 0) is 11.3 Å². The number of carboxylic acid groups (broad SMARTS) is 1. The maximum Gasteiger partial charge on any atom is 0.338 e. The molecule has 1 unspecified atom stereocenters. The number of furan rings is 1. The van der Waals surface area contributed by atoms with Crippen molar-refractivity contribution < 1.29 is 23.4 Å². The second-order valence-electron chi connectivity index (χ2n) is 5.37. The molecule has 0 saturated carbocycles. The van der Waals surface area contributed by atoms with Crippen molar-refractivity contribution in [1.29, 1.82) is 0 Å². The van der Waals surface area contributed by atoms with Crippen molar-refractivity contribution in [2.45, 2.75) is 12.6 Å². The van der Waals surface area contributed by atoms with Crippen molar-refractivity contribution in [3.05, 3.63) is 58.3 Å². The normalized spacial score (nSPS) is 19.0. The second-order valence-corrected chi connectivity index (χ2v) is 5.77. The van der Waals surface area contributed by atoms with E-state index in [1.165, 1.54) is 24.5 Å². The summed E-state index contributed by atoms with van der Waals surface area (Å²) < 4.78 is 24.1. The van der Waals surface area contributed by atoms with Crippen molar-refractivity contribution in [2.75, 3.05) is 19.7 Å². The van der Waals surface area contributed by atoms with Gasteiger partial charge in [0.15, 0.2) is 0 Å². The zero-order valence-electron chi connectivity index (χ0n) is 12.2. The predicted molar refractivity (Wildman–Crippen MR) is 81.0 cm³/mol. The quantitative estimate of drug-likeness (QED) is 0.925. The van der Waals surface area contributed by atoms with Gasteiger partial charge in [0.25, 0.3) is 0 Å². The Balaban J connectivity index is 1.69. The molecular weight excluding hydrogens is 325 g/mol. The number of morpholine rings is 1. The van der Waals surface area contributed by atoms with E-state index >= 15 is 0 Å². The summed E-state index contributed by atoms with van der Waals surface area (Å²) in [6, 6.07) is 5.76. The number of rotatable bonds is 4. The molecule has 0 aliphatic carbocycles. The topological polar surface area (TPSA) is 62.9 Å². The minimum absolute atomic E-state index is 0.131. The highest BCUT2D eigenvalue weighted by Crippen LogP contribution is 2.29. The summed E-state index contributed by atoms with van der Waals surface area (Å²) in [5.74, 6) is -0.825. The van der Waals surface area contributed by atoms with Crippen molar-refractivity contribution >= 4 is 17.6 Å². The number of ether oxygens (including phenoxy) is 1. The van der Waals surface area contributed by atoms with Crippen LogP contribution in [0.5, 0.6) is 0 Å². The lowest BCUT2D eigenvalue weighted by molar-refractivity contribution is -0.0346. The molecule has 23 heavy (non-hydrogen) atoms. The van der Waals surface area contributed by atoms with Crippen LogP contribution in [0.15, 0.2) is 34.9 Å². The fourth-order valence-corrected chi connectivity index (χ4v) is 2.88. The average molecular weight is 340 g/mol. The molecule has 1 N–H and O–H groups in total. The summed E-state index contributed by atoms with van der Waals surface area (Å²) in [5.41, 5.74) is 0.870. The number of nitrogens with zero attached hydrogens (tertiary/aromatic N) is 1. The van der Waals surface area contributed by atoms with Gasteiger partial charge < -0.3 is 14.3 Å². The third-order valence-corrected chi connectivity index (χ3v) is 4.07. The highest BCUT2D eigenvalue weighted by molar-refractivity contribution is 6.31. The zero-order chi connectivity index (χ0) is 16.4. The number of carbonyl (C=O) groups is 1. The maximum absolute atomic E-state index is 13.2. The number of hydrogen-bond donors (Lipinski definition) is 1. The SMILES string of the molecule is O=C(O)c1coc(CN2CCOC(c3ccc(F)cc3Cl)C2)c1. The first-order valence-corrected chi connectivity index (χ1v) is 7.50. The van der Waals surface area contributed by atoms with E-state index in [9.17, 15) is 9.18 Å². The van der Waals surface area contributed by atoms with Gasteiger partial charge in [0.05, 0.1) is 24.8 Å². The molecule has 1 saturated heterocycles. The Morgan fingerprint density at radius 1 is 1.43 bits per heavy atom. The molecule has 3 rings (SSSR count). The number of aromatic carboxylic acids is 1. The van der Waals surface area contributed by atoms with E-state index < -0.39 is 5.97 Å². The minimum Gasteiger partial charge on any atom is -0.478 e. The van der Waals surface area contributed by atoms with Crippen LogP contribution >= 0.6 is 11.6 Å². The van der Waals surface area contributed by atoms with Crippen LogP contribution in [-0.4, -0.2) is 35.7 Å². The van der Waals surface area contributed by atoms with Crippen LogP contribution in [0.1, 0.15) is 27.8 Å². The molecular formula is C16H15ClFNO4. The molecule has 1 aromatic heterocycles. The number of hydrogen-bond acceptors (Lipinski definition) is 4. The van der Waals surface area contributed by atoms with Gasteiger partial charge in [0.1, 0.15) is 17.8 Å². The van der Waals surface area contributed by atoms with Gasteiger partial charge in [0.2, 0.25) is 0 Å². The molecule has 0 spiro atoms. The molecule has 1 aliphatic rings. The van der Waals surface area contributed by atoms with Gasteiger partial charge in [-0.2, -0.15) is 0 Å². The van der Waals surface area contributed by atoms with E-state index in [1.54, 1.807) is 6.07 Å². The number of carboxylic acids is 1. The van der Waals surface area contributed by atoms with E-state index in [1.807, 2.05) is 0 Å². The monoisotopic (exact) mass is 339 g/mol. The van der Waals surface area contributed by atoms with Crippen LogP contribution < -0.4 is 0 Å². The Kier molecular flexibility index (Phi) is 4.66. The summed E-state index contributed by atoms with van der Waals surface area (Å²) >= 11 is 6.09. The van der Waals surface area contributed by atoms with E-state index in [2.05, 4.69) is 4.90 Å². The molecule has 0 amide bonds. The largest absolute Gasteiger partial charge is 0.478 e. The van der Waals surface area contributed by atoms with Crippen LogP contribution in [0.4, 0.5) is 4.39 Å². The Morgan fingerprint density at radius 3 is 2.96 bits per heavy atom. The van der Waals surface area contributed by atoms with E-state index in [0.717, 1.165) is 5.56 Å². The number of halogens is 2. The first-order valence-electron chi connectivity index (χ1n) is 7.12. The molecule has 2 aromatic rings. The first-order chi connectivity index (χ1) is 11.0. The van der Waals surface area contributed by atoms with E-state index in [-0.39, 0.29) is 17.5 Å². The summed E-state index contributed by atoms with van der Waals surface area (Å²) in [5, 5.41) is 9.24. The molecule has 1 aliphatic heterocycles. The summed E-state index contributed by atoms with van der Waals surface area (Å²) in [6.07, 6.45) is 0.970. The third-order valence-electron chi connectivity index (χ3n) is 3.74. The lowest BCUT2D eigenvalue weighted by Gasteiger charge is -2.32. The third kappa shape index (κ3) is 3.72. The van der Waals surface area contributed by atoms with Crippen molar-refractivity contribution in [3.63, 3.8) is 0 Å². The van der Waals surface area contributed by atoms with Gasteiger partial charge in [-0.15, -0.1) is 0 Å². The molecule has 1 aromatic carbocycles. The zero-order valence-corrected chi connectivity index (χ0v) is 12.9. The first kappa shape index (κ1) is 16.0. The molecule has 0 bridgehead atoms. The van der Waals surface area contributed by atoms with Crippen LogP contribution in [0.25, 0.3) is 0 Å². The molecule has 1 fully saturated rings. The average Bonchev–Trinajstić information content (AvgIpc) is 2.96. The standard InChI is InChI=1S/C16H15ClFNO4/c17-14-6-11(18)1-2-13(14)15-8-19(3-4-22-15)7-12-5-10(9-23-12)16(20)21/h1-2,5-6,9,15H,3-4,7-8H2,(H,20,21). The van der Waals surface area contributed by atoms with Crippen LogP contribution in [0.2, 0.25) is 5.02 Å². The van der Waals surface area contributed by atoms with Crippen LogP contribution in [0.3, 0.4) is 0 Å². The summed E-state index contributed by atoms with van der Waals surface area (Å²) in [4.78, 5) is 13.0. The van der Waals surface area contributed by atoms with Gasteiger partial charge >= 0.3 is 5.97 Å². The molecule has 7 heteroatoms. The Morgan fingerprint density at radius 2 is 2.26 bits per heavy atom. The Hall–Kier alpha value is -1.89. The van der Waals surface area contributed by atoms with Crippen molar-refractivity contribution in [2.24, 2.45) is 0 Å².